The van der Waals surface area contributed by atoms with Gasteiger partial charge >= 0.3 is 0 Å². The quantitative estimate of drug-likeness (QED) is 0.833. The Labute approximate surface area is 111 Å². The molecule has 2 N–H and O–H groups in total. The summed E-state index contributed by atoms with van der Waals surface area (Å²) in [7, 11) is 0. The zero-order chi connectivity index (χ0) is 12.4. The summed E-state index contributed by atoms with van der Waals surface area (Å²) < 4.78 is 11.4. The second-order valence-electron chi connectivity index (χ2n) is 4.68. The second-order valence-corrected chi connectivity index (χ2v) is 5.39. The first-order valence-corrected chi connectivity index (χ1v) is 7.13. The molecule has 0 aromatic heterocycles. The van der Waals surface area contributed by atoms with Crippen LogP contribution in [-0.4, -0.2) is 19.0 Å². The largest absolute Gasteiger partial charge is 0.347 e. The molecule has 2 aliphatic rings. The molecule has 0 bridgehead atoms. The van der Waals surface area contributed by atoms with Crippen molar-refractivity contribution in [3.05, 3.63) is 35.9 Å². The molecule has 0 saturated carbocycles. The first kappa shape index (κ1) is 12.2. The SMILES string of the molecule is NSc1ccc(C2=CCC3(CC2)OCCO3)cc1. The first-order chi connectivity index (χ1) is 8.81. The zero-order valence-corrected chi connectivity index (χ0v) is 11.0. The number of allylic oxidation sites excluding steroid dienone is 1. The number of ether oxygens (including phenoxy) is 2. The normalized spacial score (nSPS) is 22.2. The van der Waals surface area contributed by atoms with Crippen molar-refractivity contribution in [3.63, 3.8) is 0 Å². The molecule has 1 saturated heterocycles. The van der Waals surface area contributed by atoms with Gasteiger partial charge in [-0.15, -0.1) is 0 Å². The van der Waals surface area contributed by atoms with E-state index in [1.165, 1.54) is 23.1 Å². The highest BCUT2D eigenvalue weighted by molar-refractivity contribution is 7.97. The standard InChI is InChI=1S/C14H17NO2S/c15-18-13-3-1-11(2-4-13)12-5-7-14(8-6-12)16-9-10-17-14/h1-5H,6-10,15H2. The zero-order valence-electron chi connectivity index (χ0n) is 10.2. The van der Waals surface area contributed by atoms with Gasteiger partial charge in [-0.05, 0) is 41.6 Å². The summed E-state index contributed by atoms with van der Waals surface area (Å²) in [5.41, 5.74) is 2.66. The Hall–Kier alpha value is -0.810. The molecule has 1 aromatic rings. The van der Waals surface area contributed by atoms with Crippen LogP contribution in [0.3, 0.4) is 0 Å². The number of nitrogens with two attached hydrogens (primary N) is 1. The lowest BCUT2D eigenvalue weighted by atomic mass is 9.90. The third-order valence-electron chi connectivity index (χ3n) is 3.61. The summed E-state index contributed by atoms with van der Waals surface area (Å²) in [4.78, 5) is 1.09. The maximum absolute atomic E-state index is 5.72. The van der Waals surface area contributed by atoms with Gasteiger partial charge in [0.1, 0.15) is 0 Å². The predicted octanol–water partition coefficient (Wildman–Crippen LogP) is 2.96. The molecule has 0 atom stereocenters. The molecule has 1 aliphatic heterocycles. The highest BCUT2D eigenvalue weighted by Gasteiger charge is 2.37. The molecule has 0 amide bonds. The van der Waals surface area contributed by atoms with E-state index in [2.05, 4.69) is 30.3 Å². The highest BCUT2D eigenvalue weighted by atomic mass is 32.2. The van der Waals surface area contributed by atoms with Crippen LogP contribution >= 0.6 is 11.9 Å². The average Bonchev–Trinajstić information content (AvgIpc) is 2.88. The fraction of sp³-hybridized carbons (Fsp3) is 0.429. The van der Waals surface area contributed by atoms with Crippen LogP contribution in [0.1, 0.15) is 24.8 Å². The van der Waals surface area contributed by atoms with Crippen LogP contribution in [0.25, 0.3) is 5.57 Å². The molecule has 3 nitrogen and oxygen atoms in total. The van der Waals surface area contributed by atoms with Crippen molar-refractivity contribution >= 4 is 17.5 Å². The van der Waals surface area contributed by atoms with Crippen molar-refractivity contribution in [2.45, 2.75) is 29.9 Å². The van der Waals surface area contributed by atoms with Crippen LogP contribution in [0.15, 0.2) is 35.2 Å². The van der Waals surface area contributed by atoms with E-state index in [0.29, 0.717) is 0 Å². The van der Waals surface area contributed by atoms with E-state index in [9.17, 15) is 0 Å². The van der Waals surface area contributed by atoms with Gasteiger partial charge < -0.3 is 9.47 Å². The van der Waals surface area contributed by atoms with Crippen LogP contribution in [-0.2, 0) is 9.47 Å². The summed E-state index contributed by atoms with van der Waals surface area (Å²) in [6.07, 6.45) is 5.07. The van der Waals surface area contributed by atoms with E-state index < -0.39 is 0 Å². The summed E-state index contributed by atoms with van der Waals surface area (Å²) in [5.74, 6) is -0.323. The van der Waals surface area contributed by atoms with Gasteiger partial charge in [0.25, 0.3) is 0 Å². The highest BCUT2D eigenvalue weighted by Crippen LogP contribution is 2.38. The minimum Gasteiger partial charge on any atom is -0.347 e. The lowest BCUT2D eigenvalue weighted by Crippen LogP contribution is -2.31. The fourth-order valence-electron chi connectivity index (χ4n) is 2.58. The van der Waals surface area contributed by atoms with E-state index in [-0.39, 0.29) is 5.79 Å². The van der Waals surface area contributed by atoms with E-state index in [0.717, 1.165) is 37.4 Å². The maximum atomic E-state index is 5.72. The Balaban J connectivity index is 1.75. The van der Waals surface area contributed by atoms with Gasteiger partial charge in [-0.2, -0.15) is 0 Å². The Bertz CT molecular complexity index is 449. The minimum absolute atomic E-state index is 0.323. The first-order valence-electron chi connectivity index (χ1n) is 6.25. The molecular weight excluding hydrogens is 246 g/mol. The third-order valence-corrected chi connectivity index (χ3v) is 4.15. The van der Waals surface area contributed by atoms with Crippen molar-refractivity contribution in [1.82, 2.24) is 0 Å². The maximum Gasteiger partial charge on any atom is 0.172 e. The Kier molecular flexibility index (Phi) is 3.43. The number of hydrogen-bond donors (Lipinski definition) is 1. The lowest BCUT2D eigenvalue weighted by molar-refractivity contribution is -0.159. The van der Waals surface area contributed by atoms with Crippen molar-refractivity contribution in [2.75, 3.05) is 13.2 Å². The van der Waals surface area contributed by atoms with Gasteiger partial charge in [0.15, 0.2) is 5.79 Å². The second kappa shape index (κ2) is 5.05. The summed E-state index contributed by atoms with van der Waals surface area (Å²) in [5, 5.41) is 5.53. The topological polar surface area (TPSA) is 44.5 Å². The molecule has 3 rings (SSSR count). The van der Waals surface area contributed by atoms with Gasteiger partial charge in [-0.1, -0.05) is 18.2 Å². The van der Waals surface area contributed by atoms with E-state index in [1.54, 1.807) is 0 Å². The monoisotopic (exact) mass is 263 g/mol. The predicted molar refractivity (Wildman–Crippen MR) is 72.9 cm³/mol. The molecule has 1 aliphatic carbocycles. The van der Waals surface area contributed by atoms with Crippen molar-refractivity contribution in [3.8, 4) is 0 Å². The van der Waals surface area contributed by atoms with E-state index >= 15 is 0 Å². The van der Waals surface area contributed by atoms with Crippen LogP contribution < -0.4 is 5.14 Å². The van der Waals surface area contributed by atoms with Gasteiger partial charge in [0.05, 0.1) is 13.2 Å². The van der Waals surface area contributed by atoms with Gasteiger partial charge in [0.2, 0.25) is 0 Å². The van der Waals surface area contributed by atoms with E-state index in [1.807, 2.05) is 0 Å². The number of benzene rings is 1. The number of hydrogen-bond acceptors (Lipinski definition) is 4. The van der Waals surface area contributed by atoms with Gasteiger partial charge in [-0.3, -0.25) is 5.14 Å². The Morgan fingerprint density at radius 3 is 2.39 bits per heavy atom. The number of rotatable bonds is 2. The average molecular weight is 263 g/mol. The molecule has 0 unspecified atom stereocenters. The smallest absolute Gasteiger partial charge is 0.172 e. The molecule has 1 aromatic carbocycles. The molecular formula is C14H17NO2S. The molecule has 18 heavy (non-hydrogen) atoms. The minimum atomic E-state index is -0.323. The summed E-state index contributed by atoms with van der Waals surface area (Å²) >= 11 is 1.28. The van der Waals surface area contributed by atoms with Crippen LogP contribution in [0, 0.1) is 0 Å². The third kappa shape index (κ3) is 2.34. The van der Waals surface area contributed by atoms with Crippen molar-refractivity contribution in [1.29, 1.82) is 0 Å². The molecule has 4 heteroatoms. The lowest BCUT2D eigenvalue weighted by Gasteiger charge is -2.30. The Morgan fingerprint density at radius 2 is 1.83 bits per heavy atom. The fourth-order valence-corrected chi connectivity index (χ4v) is 2.87. The van der Waals surface area contributed by atoms with Crippen molar-refractivity contribution in [2.24, 2.45) is 5.14 Å². The summed E-state index contributed by atoms with van der Waals surface area (Å²) in [6, 6.07) is 8.40. The molecule has 0 radical (unpaired) electrons. The molecule has 96 valence electrons. The van der Waals surface area contributed by atoms with Crippen LogP contribution in [0.4, 0.5) is 0 Å². The van der Waals surface area contributed by atoms with Crippen LogP contribution in [0.5, 0.6) is 0 Å². The molecule has 1 fully saturated rings. The molecule has 1 heterocycles. The van der Waals surface area contributed by atoms with Gasteiger partial charge in [0, 0.05) is 17.7 Å². The summed E-state index contributed by atoms with van der Waals surface area (Å²) in [6.45, 7) is 1.46. The van der Waals surface area contributed by atoms with Crippen molar-refractivity contribution < 1.29 is 9.47 Å². The van der Waals surface area contributed by atoms with Crippen LogP contribution in [0.2, 0.25) is 0 Å². The Morgan fingerprint density at radius 1 is 1.11 bits per heavy atom. The molecule has 1 spiro atoms. The van der Waals surface area contributed by atoms with Gasteiger partial charge in [-0.25, -0.2) is 0 Å². The van der Waals surface area contributed by atoms with E-state index in [4.69, 9.17) is 14.6 Å².